The topological polar surface area (TPSA) is 57.7 Å². The maximum Gasteiger partial charge on any atom is 0.253 e. The molecule has 0 spiro atoms. The van der Waals surface area contributed by atoms with Gasteiger partial charge < -0.3 is 4.90 Å². The van der Waals surface area contributed by atoms with E-state index >= 15 is 0 Å². The van der Waals surface area contributed by atoms with Gasteiger partial charge in [0.1, 0.15) is 0 Å². The number of amides is 1. The number of carbonyl (C=O) groups is 1. The molecule has 1 aliphatic heterocycles. The molecule has 0 atom stereocenters. The predicted octanol–water partition coefficient (Wildman–Crippen LogP) is 3.37. The number of hydrogen-bond acceptors (Lipinski definition) is 3. The van der Waals surface area contributed by atoms with Crippen LogP contribution in [-0.4, -0.2) is 49.7 Å². The Kier molecular flexibility index (Phi) is 7.02. The van der Waals surface area contributed by atoms with Gasteiger partial charge >= 0.3 is 0 Å². The van der Waals surface area contributed by atoms with Crippen LogP contribution in [0.4, 0.5) is 0 Å². The molecule has 0 radical (unpaired) electrons. The van der Waals surface area contributed by atoms with Gasteiger partial charge in [-0.3, -0.25) is 4.79 Å². The fourth-order valence-corrected chi connectivity index (χ4v) is 4.72. The summed E-state index contributed by atoms with van der Waals surface area (Å²) in [6.45, 7) is 8.71. The molecule has 140 valence electrons. The van der Waals surface area contributed by atoms with Crippen LogP contribution in [0.15, 0.2) is 29.2 Å². The summed E-state index contributed by atoms with van der Waals surface area (Å²) in [6.07, 6.45) is 3.54. The molecule has 0 saturated carbocycles. The number of carbonyl (C=O) groups excluding carboxylic acids is 1. The number of nitrogens with zero attached hydrogens (tertiary/aromatic N) is 2. The number of sulfonamides is 1. The lowest BCUT2D eigenvalue weighted by Gasteiger charge is -2.29. The van der Waals surface area contributed by atoms with Crippen molar-refractivity contribution in [1.29, 1.82) is 0 Å². The van der Waals surface area contributed by atoms with E-state index in [0.717, 1.165) is 25.7 Å². The molecule has 1 saturated heterocycles. The molecular weight excluding hydrogens is 336 g/mol. The van der Waals surface area contributed by atoms with E-state index in [4.69, 9.17) is 0 Å². The minimum Gasteiger partial charge on any atom is -0.339 e. The van der Waals surface area contributed by atoms with Gasteiger partial charge in [-0.2, -0.15) is 4.31 Å². The van der Waals surface area contributed by atoms with E-state index in [9.17, 15) is 13.2 Å². The highest BCUT2D eigenvalue weighted by atomic mass is 32.2. The largest absolute Gasteiger partial charge is 0.339 e. The Hall–Kier alpha value is -1.40. The molecule has 0 aromatic heterocycles. The van der Waals surface area contributed by atoms with Crippen LogP contribution in [0.25, 0.3) is 0 Å². The summed E-state index contributed by atoms with van der Waals surface area (Å²) in [4.78, 5) is 14.8. The van der Waals surface area contributed by atoms with E-state index < -0.39 is 10.0 Å². The second kappa shape index (κ2) is 8.81. The quantitative estimate of drug-likeness (QED) is 0.743. The van der Waals surface area contributed by atoms with Gasteiger partial charge in [0.25, 0.3) is 5.91 Å². The molecule has 1 aromatic carbocycles. The molecule has 1 heterocycles. The van der Waals surface area contributed by atoms with Crippen LogP contribution in [0.5, 0.6) is 0 Å². The first-order chi connectivity index (χ1) is 11.9. The summed E-state index contributed by atoms with van der Waals surface area (Å²) >= 11 is 0. The van der Waals surface area contributed by atoms with Crippen LogP contribution in [0.1, 0.15) is 56.8 Å². The molecule has 2 rings (SSSR count). The number of rotatable bonds is 7. The van der Waals surface area contributed by atoms with E-state index in [-0.39, 0.29) is 10.8 Å². The highest BCUT2D eigenvalue weighted by Crippen LogP contribution is 2.24. The van der Waals surface area contributed by atoms with Crippen LogP contribution < -0.4 is 0 Å². The van der Waals surface area contributed by atoms with Crippen LogP contribution in [0, 0.1) is 5.92 Å². The number of benzene rings is 1. The molecule has 1 aromatic rings. The Morgan fingerprint density at radius 1 is 1.16 bits per heavy atom. The normalized spacial score (nSPS) is 16.8. The summed E-state index contributed by atoms with van der Waals surface area (Å²) in [6, 6.07) is 6.50. The first-order valence-electron chi connectivity index (χ1n) is 9.29. The van der Waals surface area contributed by atoms with Gasteiger partial charge in [0.05, 0.1) is 4.90 Å². The van der Waals surface area contributed by atoms with Crippen molar-refractivity contribution in [2.75, 3.05) is 26.2 Å². The summed E-state index contributed by atoms with van der Waals surface area (Å²) in [5, 5.41) is 0. The van der Waals surface area contributed by atoms with Gasteiger partial charge in [-0.25, -0.2) is 8.42 Å². The molecule has 25 heavy (non-hydrogen) atoms. The SMILES string of the molecule is CCCN(CCC)C(=O)c1cccc(S(=O)(=O)N2CCC(C)CC2)c1. The van der Waals surface area contributed by atoms with Crippen molar-refractivity contribution in [3.8, 4) is 0 Å². The summed E-state index contributed by atoms with van der Waals surface area (Å²) in [7, 11) is -3.53. The van der Waals surface area contributed by atoms with Crippen molar-refractivity contribution in [2.24, 2.45) is 5.92 Å². The highest BCUT2D eigenvalue weighted by molar-refractivity contribution is 7.89. The molecule has 1 amide bonds. The van der Waals surface area contributed by atoms with Crippen molar-refractivity contribution < 1.29 is 13.2 Å². The van der Waals surface area contributed by atoms with Gasteiger partial charge in [-0.15, -0.1) is 0 Å². The fraction of sp³-hybridized carbons (Fsp3) is 0.632. The smallest absolute Gasteiger partial charge is 0.253 e. The zero-order valence-electron chi connectivity index (χ0n) is 15.6. The Morgan fingerprint density at radius 3 is 2.32 bits per heavy atom. The maximum absolute atomic E-state index is 12.9. The molecular formula is C19H30N2O3S. The van der Waals surface area contributed by atoms with Crippen LogP contribution in [0.3, 0.4) is 0 Å². The van der Waals surface area contributed by atoms with Crippen LogP contribution in [0.2, 0.25) is 0 Å². The first-order valence-corrected chi connectivity index (χ1v) is 10.7. The molecule has 5 nitrogen and oxygen atoms in total. The lowest BCUT2D eigenvalue weighted by Crippen LogP contribution is -2.38. The predicted molar refractivity (Wildman–Crippen MR) is 100 cm³/mol. The van der Waals surface area contributed by atoms with Crippen molar-refractivity contribution in [1.82, 2.24) is 9.21 Å². The first kappa shape index (κ1) is 19.9. The minimum atomic E-state index is -3.53. The zero-order chi connectivity index (χ0) is 18.4. The third kappa shape index (κ3) is 4.82. The van der Waals surface area contributed by atoms with E-state index in [1.54, 1.807) is 27.4 Å². The fourth-order valence-electron chi connectivity index (χ4n) is 3.20. The van der Waals surface area contributed by atoms with Gasteiger partial charge in [0, 0.05) is 31.7 Å². The van der Waals surface area contributed by atoms with Gasteiger partial charge in [0.2, 0.25) is 10.0 Å². The van der Waals surface area contributed by atoms with Crippen LogP contribution >= 0.6 is 0 Å². The summed E-state index contributed by atoms with van der Waals surface area (Å²) < 4.78 is 27.3. The van der Waals surface area contributed by atoms with Gasteiger partial charge in [0.15, 0.2) is 0 Å². The molecule has 1 fully saturated rings. The van der Waals surface area contributed by atoms with E-state index in [1.165, 1.54) is 6.07 Å². The molecule has 6 heteroatoms. The third-order valence-electron chi connectivity index (χ3n) is 4.74. The molecule has 0 bridgehead atoms. The van der Waals surface area contributed by atoms with Crippen LogP contribution in [-0.2, 0) is 10.0 Å². The zero-order valence-corrected chi connectivity index (χ0v) is 16.4. The number of hydrogen-bond donors (Lipinski definition) is 0. The van der Waals surface area contributed by atoms with Crippen molar-refractivity contribution in [2.45, 2.75) is 51.3 Å². The maximum atomic E-state index is 12.9. The van der Waals surface area contributed by atoms with E-state index in [2.05, 4.69) is 6.92 Å². The number of piperidine rings is 1. The Labute approximate surface area is 152 Å². The standard InChI is InChI=1S/C19H30N2O3S/c1-4-11-20(12-5-2)19(22)17-7-6-8-18(15-17)25(23,24)21-13-9-16(3)10-14-21/h6-8,15-16H,4-5,9-14H2,1-3H3. The summed E-state index contributed by atoms with van der Waals surface area (Å²) in [5.74, 6) is 0.476. The van der Waals surface area contributed by atoms with Gasteiger partial charge in [-0.05, 0) is 49.8 Å². The molecule has 0 aliphatic carbocycles. The Morgan fingerprint density at radius 2 is 1.76 bits per heavy atom. The average Bonchev–Trinajstić information content (AvgIpc) is 2.61. The lowest BCUT2D eigenvalue weighted by molar-refractivity contribution is 0.0755. The van der Waals surface area contributed by atoms with E-state index in [1.807, 2.05) is 13.8 Å². The van der Waals surface area contributed by atoms with Crippen molar-refractivity contribution in [3.05, 3.63) is 29.8 Å². The average molecular weight is 367 g/mol. The van der Waals surface area contributed by atoms with Crippen molar-refractivity contribution >= 4 is 15.9 Å². The Balaban J connectivity index is 2.24. The monoisotopic (exact) mass is 366 g/mol. The molecule has 0 N–H and O–H groups in total. The van der Waals surface area contributed by atoms with Crippen molar-refractivity contribution in [3.63, 3.8) is 0 Å². The Bertz CT molecular complexity index is 674. The second-order valence-electron chi connectivity index (χ2n) is 6.91. The lowest BCUT2D eigenvalue weighted by atomic mass is 10.0. The molecule has 0 unspecified atom stereocenters. The summed E-state index contributed by atoms with van der Waals surface area (Å²) in [5.41, 5.74) is 0.452. The highest BCUT2D eigenvalue weighted by Gasteiger charge is 2.28. The van der Waals surface area contributed by atoms with Gasteiger partial charge in [-0.1, -0.05) is 26.8 Å². The second-order valence-corrected chi connectivity index (χ2v) is 8.84. The minimum absolute atomic E-state index is 0.0898. The molecule has 1 aliphatic rings. The third-order valence-corrected chi connectivity index (χ3v) is 6.63. The van der Waals surface area contributed by atoms with E-state index in [0.29, 0.717) is 37.7 Å².